The van der Waals surface area contributed by atoms with Crippen molar-refractivity contribution in [1.29, 1.82) is 0 Å². The summed E-state index contributed by atoms with van der Waals surface area (Å²) in [7, 11) is 6.51. The highest BCUT2D eigenvalue weighted by atomic mass is 33.1. The molecule has 0 radical (unpaired) electrons. The van der Waals surface area contributed by atoms with Crippen molar-refractivity contribution in [2.24, 2.45) is 0 Å². The molecule has 0 saturated carbocycles. The standard InChI is InChI=1S/C49H53N5O7S2/c1-29-17-32-11-7-9-13-40(32)53(29)47(56)36-22-42(58-4)44(24-38(36)50)60-27-30-18-31(20-34(19-30)52-46(55)15-16-49(2,3)63-62-6)28-61-45-25-39-37(23-43(45)59-5)48(57)54-35(26-51-39)21-33-12-8-10-14-41(33)54/h7-14,18-20,22-25,29,35,51H,15-17,21,26-28,50H2,1-6H3,(H,52,55)/t29-,35+/m1/s1. The van der Waals surface area contributed by atoms with Gasteiger partial charge in [-0.3, -0.25) is 14.4 Å². The number of fused-ring (bicyclic) bond motifs is 5. The maximum absolute atomic E-state index is 14.0. The van der Waals surface area contributed by atoms with Crippen LogP contribution in [0.25, 0.3) is 0 Å². The third kappa shape index (κ3) is 9.24. The van der Waals surface area contributed by atoms with E-state index >= 15 is 0 Å². The van der Waals surface area contributed by atoms with Gasteiger partial charge in [-0.1, -0.05) is 58.0 Å². The van der Waals surface area contributed by atoms with Gasteiger partial charge in [0.15, 0.2) is 23.0 Å². The third-order valence-corrected chi connectivity index (χ3v) is 14.4. The maximum atomic E-state index is 14.0. The average molecular weight is 888 g/mol. The van der Waals surface area contributed by atoms with Gasteiger partial charge in [0, 0.05) is 58.6 Å². The SMILES string of the molecule is COc1cc(C(=O)N2c3ccccc3C[C@H]2C)c(N)cc1OCc1cc(COc2cc3c(cc2OC)C(=O)N2c4ccccc4C[C@H]2CN3)cc(NC(=O)CCC(C)(C)SSC)c1. The fourth-order valence-corrected chi connectivity index (χ4v) is 10.9. The largest absolute Gasteiger partial charge is 0.493 e. The molecule has 3 aliphatic heterocycles. The van der Waals surface area contributed by atoms with Crippen molar-refractivity contribution < 1.29 is 33.3 Å². The number of hydrogen-bond donors (Lipinski definition) is 3. The average Bonchev–Trinajstić information content (AvgIpc) is 3.78. The summed E-state index contributed by atoms with van der Waals surface area (Å²) >= 11 is 0. The first kappa shape index (κ1) is 43.7. The molecule has 0 spiro atoms. The Hall–Kier alpha value is -5.99. The molecule has 0 bridgehead atoms. The predicted octanol–water partition coefficient (Wildman–Crippen LogP) is 9.54. The molecule has 3 amide bonds. The molecule has 5 aromatic rings. The molecule has 0 fully saturated rings. The fourth-order valence-electron chi connectivity index (χ4n) is 8.68. The molecule has 0 unspecified atom stereocenters. The van der Waals surface area contributed by atoms with E-state index in [1.54, 1.807) is 51.8 Å². The van der Waals surface area contributed by atoms with E-state index in [9.17, 15) is 14.4 Å². The molecule has 4 N–H and O–H groups in total. The zero-order chi connectivity index (χ0) is 44.4. The molecule has 14 heteroatoms. The van der Waals surface area contributed by atoms with Crippen LogP contribution < -0.4 is 45.1 Å². The quantitative estimate of drug-likeness (QED) is 0.0683. The van der Waals surface area contributed by atoms with Crippen LogP contribution in [-0.2, 0) is 30.8 Å². The molecular formula is C49H53N5O7S2. The number of carbonyl (C=O) groups is 3. The lowest BCUT2D eigenvalue weighted by molar-refractivity contribution is -0.116. The van der Waals surface area contributed by atoms with E-state index < -0.39 is 0 Å². The smallest absolute Gasteiger partial charge is 0.260 e. The molecule has 0 saturated heterocycles. The summed E-state index contributed by atoms with van der Waals surface area (Å²) in [5, 5.41) is 6.59. The maximum Gasteiger partial charge on any atom is 0.260 e. The zero-order valence-corrected chi connectivity index (χ0v) is 38.0. The van der Waals surface area contributed by atoms with E-state index in [4.69, 9.17) is 24.7 Å². The Kier molecular flexibility index (Phi) is 12.7. The van der Waals surface area contributed by atoms with E-state index in [1.807, 2.05) is 84.8 Å². The molecule has 0 aliphatic carbocycles. The summed E-state index contributed by atoms with van der Waals surface area (Å²) in [6, 6.07) is 28.4. The fraction of sp³-hybridized carbons (Fsp3) is 0.327. The number of hydrogen-bond acceptors (Lipinski definition) is 11. The van der Waals surface area contributed by atoms with Crippen LogP contribution in [-0.4, -0.2) is 61.6 Å². The van der Waals surface area contributed by atoms with Crippen LogP contribution in [0.1, 0.15) is 76.6 Å². The normalized spacial score (nSPS) is 16.3. The second kappa shape index (κ2) is 18.4. The van der Waals surface area contributed by atoms with Crippen LogP contribution in [0.5, 0.6) is 23.0 Å². The monoisotopic (exact) mass is 887 g/mol. The van der Waals surface area contributed by atoms with Crippen molar-refractivity contribution in [3.8, 4) is 23.0 Å². The second-order valence-corrected chi connectivity index (χ2v) is 19.8. The van der Waals surface area contributed by atoms with Gasteiger partial charge in [-0.2, -0.15) is 0 Å². The van der Waals surface area contributed by atoms with Gasteiger partial charge in [0.2, 0.25) is 5.91 Å². The number of nitrogen functional groups attached to an aromatic ring is 1. The summed E-state index contributed by atoms with van der Waals surface area (Å²) in [6.45, 7) is 7.07. The Bertz CT molecular complexity index is 2570. The second-order valence-electron chi connectivity index (χ2n) is 16.7. The number of para-hydroxylation sites is 2. The van der Waals surface area contributed by atoms with Gasteiger partial charge in [0.1, 0.15) is 13.2 Å². The van der Waals surface area contributed by atoms with Crippen molar-refractivity contribution >= 4 is 67.7 Å². The van der Waals surface area contributed by atoms with Crippen molar-refractivity contribution in [2.75, 3.05) is 53.2 Å². The molecule has 328 valence electrons. The first-order chi connectivity index (χ1) is 30.4. The highest BCUT2D eigenvalue weighted by molar-refractivity contribution is 8.76. The van der Waals surface area contributed by atoms with Gasteiger partial charge < -0.3 is 45.1 Å². The molecule has 12 nitrogen and oxygen atoms in total. The molecule has 63 heavy (non-hydrogen) atoms. The molecule has 8 rings (SSSR count). The van der Waals surface area contributed by atoms with Crippen LogP contribution in [0, 0.1) is 0 Å². The van der Waals surface area contributed by atoms with Crippen molar-refractivity contribution in [3.05, 3.63) is 124 Å². The highest BCUT2D eigenvalue weighted by Crippen LogP contribution is 2.42. The van der Waals surface area contributed by atoms with Crippen LogP contribution in [0.4, 0.5) is 28.4 Å². The number of nitrogens with one attached hydrogen (secondary N) is 2. The lowest BCUT2D eigenvalue weighted by atomic mass is 10.1. The Balaban J connectivity index is 1.03. The van der Waals surface area contributed by atoms with Crippen LogP contribution in [0.15, 0.2) is 91.0 Å². The molecular weight excluding hydrogens is 835 g/mol. The minimum atomic E-state index is -0.210. The van der Waals surface area contributed by atoms with Gasteiger partial charge in [0.05, 0.1) is 37.1 Å². The number of anilines is 5. The summed E-state index contributed by atoms with van der Waals surface area (Å²) in [5.74, 6) is 1.19. The number of nitrogens with zero attached hydrogens (tertiary/aromatic N) is 2. The summed E-state index contributed by atoms with van der Waals surface area (Å²) in [5.41, 5.74) is 14.5. The van der Waals surface area contributed by atoms with Gasteiger partial charge in [-0.15, -0.1) is 0 Å². The molecule has 5 aromatic carbocycles. The van der Waals surface area contributed by atoms with Gasteiger partial charge in [0.25, 0.3) is 11.8 Å². The number of nitrogens with two attached hydrogens (primary N) is 1. The van der Waals surface area contributed by atoms with E-state index in [2.05, 4.69) is 30.5 Å². The molecule has 0 aromatic heterocycles. The predicted molar refractivity (Wildman–Crippen MR) is 254 cm³/mol. The Morgan fingerprint density at radius 3 is 2.16 bits per heavy atom. The van der Waals surface area contributed by atoms with Crippen molar-refractivity contribution in [1.82, 2.24) is 0 Å². The minimum Gasteiger partial charge on any atom is -0.493 e. The van der Waals surface area contributed by atoms with Crippen LogP contribution in [0.3, 0.4) is 0 Å². The summed E-state index contributed by atoms with van der Waals surface area (Å²) < 4.78 is 24.2. The number of benzene rings is 5. The Morgan fingerprint density at radius 1 is 0.841 bits per heavy atom. The van der Waals surface area contributed by atoms with Crippen molar-refractivity contribution in [2.45, 2.75) is 76.5 Å². The topological polar surface area (TPSA) is 145 Å². The van der Waals surface area contributed by atoms with Crippen molar-refractivity contribution in [3.63, 3.8) is 0 Å². The molecule has 2 atom stereocenters. The Morgan fingerprint density at radius 2 is 1.48 bits per heavy atom. The number of rotatable bonds is 15. The zero-order valence-electron chi connectivity index (χ0n) is 36.4. The molecule has 3 aliphatic rings. The van der Waals surface area contributed by atoms with Crippen LogP contribution in [0.2, 0.25) is 0 Å². The number of amides is 3. The Labute approximate surface area is 376 Å². The lowest BCUT2D eigenvalue weighted by Crippen LogP contribution is -2.39. The third-order valence-electron chi connectivity index (χ3n) is 11.7. The minimum absolute atomic E-state index is 0.0135. The number of methoxy groups -OCH3 is 2. The van der Waals surface area contributed by atoms with E-state index in [0.29, 0.717) is 64.9 Å². The van der Waals surface area contributed by atoms with E-state index in [0.717, 1.165) is 46.5 Å². The van der Waals surface area contributed by atoms with Gasteiger partial charge in [-0.25, -0.2) is 0 Å². The number of ether oxygens (including phenoxy) is 4. The highest BCUT2D eigenvalue weighted by Gasteiger charge is 2.38. The summed E-state index contributed by atoms with van der Waals surface area (Å²) in [4.78, 5) is 45.0. The van der Waals surface area contributed by atoms with Gasteiger partial charge in [-0.05, 0) is 111 Å². The number of carbonyl (C=O) groups excluding carboxylic acids is 3. The summed E-state index contributed by atoms with van der Waals surface area (Å²) in [6.07, 6.45) is 4.62. The lowest BCUT2D eigenvalue weighted by Gasteiger charge is -2.24. The van der Waals surface area contributed by atoms with E-state index in [1.165, 1.54) is 7.11 Å². The first-order valence-electron chi connectivity index (χ1n) is 21.0. The van der Waals surface area contributed by atoms with E-state index in [-0.39, 0.29) is 53.5 Å². The van der Waals surface area contributed by atoms with Crippen LogP contribution >= 0.6 is 21.6 Å². The van der Waals surface area contributed by atoms with Gasteiger partial charge >= 0.3 is 0 Å². The molecule has 3 heterocycles. The first-order valence-corrected chi connectivity index (χ1v) is 23.6.